The first-order valence-electron chi connectivity index (χ1n) is 7.06. The molecule has 2 aromatic rings. The number of ether oxygens (including phenoxy) is 1. The van der Waals surface area contributed by atoms with E-state index in [1.165, 1.54) is 0 Å². The summed E-state index contributed by atoms with van der Waals surface area (Å²) in [5, 5.41) is 0. The van der Waals surface area contributed by atoms with Gasteiger partial charge in [0.1, 0.15) is 5.75 Å². The number of hydrogen-bond donors (Lipinski definition) is 1. The van der Waals surface area contributed by atoms with Crippen LogP contribution in [-0.2, 0) is 0 Å². The SMILES string of the molecule is COc1ccc(C2=C3C(=O)c4c(N)cccc4C3=NC2)cc1. The molecule has 22 heavy (non-hydrogen) atoms. The topological polar surface area (TPSA) is 64.7 Å². The maximum atomic E-state index is 12.8. The van der Waals surface area contributed by atoms with Crippen LogP contribution in [0, 0.1) is 0 Å². The number of carbonyl (C=O) groups is 1. The second kappa shape index (κ2) is 4.56. The van der Waals surface area contributed by atoms with Crippen LogP contribution >= 0.6 is 0 Å². The minimum atomic E-state index is -0.0184. The van der Waals surface area contributed by atoms with Crippen LogP contribution in [0.5, 0.6) is 5.75 Å². The normalized spacial score (nSPS) is 15.7. The van der Waals surface area contributed by atoms with Gasteiger partial charge >= 0.3 is 0 Å². The van der Waals surface area contributed by atoms with Crippen LogP contribution in [0.15, 0.2) is 53.0 Å². The zero-order chi connectivity index (χ0) is 15.3. The molecule has 0 unspecified atom stereocenters. The highest BCUT2D eigenvalue weighted by Crippen LogP contribution is 2.39. The number of nitrogens with two attached hydrogens (primary N) is 1. The zero-order valence-corrected chi connectivity index (χ0v) is 12.1. The number of nitrogen functional groups attached to an aromatic ring is 1. The summed E-state index contributed by atoms with van der Waals surface area (Å²) in [5.74, 6) is 0.772. The molecular weight excluding hydrogens is 276 g/mol. The number of hydrogen-bond acceptors (Lipinski definition) is 4. The van der Waals surface area contributed by atoms with Crippen LogP contribution in [0.3, 0.4) is 0 Å². The molecule has 108 valence electrons. The molecule has 1 heterocycles. The molecule has 4 rings (SSSR count). The largest absolute Gasteiger partial charge is 0.497 e. The molecule has 4 heteroatoms. The Morgan fingerprint density at radius 3 is 2.64 bits per heavy atom. The molecule has 0 saturated carbocycles. The number of rotatable bonds is 2. The van der Waals surface area contributed by atoms with Gasteiger partial charge in [-0.1, -0.05) is 24.3 Å². The standard InChI is InChI=1S/C18H14N2O2/c1-22-11-7-5-10(6-8-11)13-9-20-17-12-3-2-4-14(19)15(12)18(21)16(13)17/h2-8H,9,19H2,1H3. The summed E-state index contributed by atoms with van der Waals surface area (Å²) in [6.45, 7) is 0.525. The first-order valence-corrected chi connectivity index (χ1v) is 7.06. The summed E-state index contributed by atoms with van der Waals surface area (Å²) in [4.78, 5) is 17.3. The van der Waals surface area contributed by atoms with Crippen LogP contribution in [0.1, 0.15) is 21.5 Å². The van der Waals surface area contributed by atoms with E-state index >= 15 is 0 Å². The van der Waals surface area contributed by atoms with Crippen LogP contribution in [0.2, 0.25) is 0 Å². The van der Waals surface area contributed by atoms with Crippen molar-refractivity contribution in [1.82, 2.24) is 0 Å². The molecule has 0 atom stereocenters. The van der Waals surface area contributed by atoms with E-state index in [2.05, 4.69) is 4.99 Å². The molecule has 0 aromatic heterocycles. The first kappa shape index (κ1) is 12.8. The predicted molar refractivity (Wildman–Crippen MR) is 86.5 cm³/mol. The smallest absolute Gasteiger partial charge is 0.198 e. The molecule has 0 fully saturated rings. The fourth-order valence-electron chi connectivity index (χ4n) is 3.10. The van der Waals surface area contributed by atoms with Crippen molar-refractivity contribution in [3.05, 3.63) is 64.7 Å². The number of Topliss-reactive ketones (excluding diaryl/α,β-unsaturated/α-hetero) is 1. The van der Waals surface area contributed by atoms with Crippen molar-refractivity contribution < 1.29 is 9.53 Å². The van der Waals surface area contributed by atoms with E-state index < -0.39 is 0 Å². The van der Waals surface area contributed by atoms with Crippen molar-refractivity contribution in [3.63, 3.8) is 0 Å². The Labute approximate surface area is 127 Å². The number of carbonyl (C=O) groups excluding carboxylic acids is 1. The summed E-state index contributed by atoms with van der Waals surface area (Å²) in [7, 11) is 1.63. The second-order valence-electron chi connectivity index (χ2n) is 5.35. The lowest BCUT2D eigenvalue weighted by Gasteiger charge is -2.06. The number of aliphatic imine (C=N–C) groups is 1. The predicted octanol–water partition coefficient (Wildman–Crippen LogP) is 2.73. The van der Waals surface area contributed by atoms with Gasteiger partial charge in [0.05, 0.1) is 30.5 Å². The van der Waals surface area contributed by atoms with Crippen molar-refractivity contribution in [1.29, 1.82) is 0 Å². The maximum absolute atomic E-state index is 12.8. The summed E-state index contributed by atoms with van der Waals surface area (Å²) in [5.41, 5.74) is 11.3. The number of fused-ring (bicyclic) bond motifs is 3. The highest BCUT2D eigenvalue weighted by molar-refractivity contribution is 6.46. The van der Waals surface area contributed by atoms with E-state index in [9.17, 15) is 4.79 Å². The summed E-state index contributed by atoms with van der Waals surface area (Å²) in [6, 6.07) is 13.2. The zero-order valence-electron chi connectivity index (χ0n) is 12.1. The summed E-state index contributed by atoms with van der Waals surface area (Å²) in [6.07, 6.45) is 0. The Hall–Kier alpha value is -2.88. The lowest BCUT2D eigenvalue weighted by Crippen LogP contribution is -2.03. The molecule has 0 radical (unpaired) electrons. The average molecular weight is 290 g/mol. The quantitative estimate of drug-likeness (QED) is 0.865. The van der Waals surface area contributed by atoms with Crippen molar-refractivity contribution >= 4 is 22.8 Å². The van der Waals surface area contributed by atoms with Gasteiger partial charge in [0.15, 0.2) is 5.78 Å². The number of methoxy groups -OCH3 is 1. The van der Waals surface area contributed by atoms with Gasteiger partial charge in [0.2, 0.25) is 0 Å². The Kier molecular flexibility index (Phi) is 2.66. The third-order valence-corrected chi connectivity index (χ3v) is 4.18. The van der Waals surface area contributed by atoms with E-state index in [0.717, 1.165) is 28.2 Å². The number of ketones is 1. The van der Waals surface area contributed by atoms with E-state index in [0.29, 0.717) is 23.4 Å². The number of anilines is 1. The second-order valence-corrected chi connectivity index (χ2v) is 5.35. The monoisotopic (exact) mass is 290 g/mol. The van der Waals surface area contributed by atoms with Crippen molar-refractivity contribution in [2.45, 2.75) is 0 Å². The fraction of sp³-hybridized carbons (Fsp3) is 0.111. The third-order valence-electron chi connectivity index (χ3n) is 4.18. The van der Waals surface area contributed by atoms with Crippen LogP contribution < -0.4 is 10.5 Å². The maximum Gasteiger partial charge on any atom is 0.198 e. The summed E-state index contributed by atoms with van der Waals surface area (Å²) >= 11 is 0. The molecule has 0 amide bonds. The van der Waals surface area contributed by atoms with Gasteiger partial charge in [-0.3, -0.25) is 9.79 Å². The molecule has 2 N–H and O–H groups in total. The van der Waals surface area contributed by atoms with E-state index in [1.54, 1.807) is 13.2 Å². The summed E-state index contributed by atoms with van der Waals surface area (Å²) < 4.78 is 5.18. The molecule has 1 aliphatic heterocycles. The highest BCUT2D eigenvalue weighted by atomic mass is 16.5. The van der Waals surface area contributed by atoms with E-state index in [4.69, 9.17) is 10.5 Å². The van der Waals surface area contributed by atoms with Gasteiger partial charge in [0.25, 0.3) is 0 Å². The number of nitrogens with zero attached hydrogens (tertiary/aromatic N) is 1. The van der Waals surface area contributed by atoms with E-state index in [-0.39, 0.29) is 5.78 Å². The minimum absolute atomic E-state index is 0.0184. The Morgan fingerprint density at radius 1 is 1.14 bits per heavy atom. The molecule has 4 nitrogen and oxygen atoms in total. The Morgan fingerprint density at radius 2 is 1.91 bits per heavy atom. The Balaban J connectivity index is 1.87. The van der Waals surface area contributed by atoms with Gasteiger partial charge in [-0.25, -0.2) is 0 Å². The van der Waals surface area contributed by atoms with Gasteiger partial charge in [-0.2, -0.15) is 0 Å². The van der Waals surface area contributed by atoms with Crippen molar-refractivity contribution in [3.8, 4) is 5.75 Å². The van der Waals surface area contributed by atoms with Gasteiger partial charge < -0.3 is 10.5 Å². The van der Waals surface area contributed by atoms with Crippen molar-refractivity contribution in [2.24, 2.45) is 4.99 Å². The van der Waals surface area contributed by atoms with Gasteiger partial charge in [-0.15, -0.1) is 0 Å². The lowest BCUT2D eigenvalue weighted by atomic mass is 9.98. The van der Waals surface area contributed by atoms with Crippen LogP contribution in [0.25, 0.3) is 5.57 Å². The van der Waals surface area contributed by atoms with E-state index in [1.807, 2.05) is 36.4 Å². The van der Waals surface area contributed by atoms with Gasteiger partial charge in [0, 0.05) is 11.3 Å². The highest BCUT2D eigenvalue weighted by Gasteiger charge is 2.37. The molecule has 0 bridgehead atoms. The molecule has 0 spiro atoms. The van der Waals surface area contributed by atoms with Crippen LogP contribution in [0.4, 0.5) is 5.69 Å². The van der Waals surface area contributed by atoms with Crippen LogP contribution in [-0.4, -0.2) is 25.1 Å². The first-order chi connectivity index (χ1) is 10.7. The minimum Gasteiger partial charge on any atom is -0.497 e. The molecule has 2 aliphatic rings. The molecular formula is C18H14N2O2. The van der Waals surface area contributed by atoms with Gasteiger partial charge in [-0.05, 0) is 29.3 Å². The molecule has 2 aromatic carbocycles. The third kappa shape index (κ3) is 1.64. The Bertz CT molecular complexity index is 861. The molecule has 1 aliphatic carbocycles. The lowest BCUT2D eigenvalue weighted by molar-refractivity contribution is 0.104. The number of allylic oxidation sites excluding steroid dienone is 1. The fourth-order valence-corrected chi connectivity index (χ4v) is 3.10. The van der Waals surface area contributed by atoms with Crippen molar-refractivity contribution in [2.75, 3.05) is 19.4 Å². The molecule has 0 saturated heterocycles. The average Bonchev–Trinajstić information content (AvgIpc) is 3.09. The number of benzene rings is 2.